The Hall–Kier alpha value is -2.24. The SMILES string of the molecule is O=C1CN(S(=O)(=O)C2=NCCC=C2)CCCC1C=NC(=O)[C@H](CC1CCCCC1)NC(=O)[C@@H]1CCCO1. The molecule has 0 aromatic rings. The highest BCUT2D eigenvalue weighted by Gasteiger charge is 2.34. The smallest absolute Gasteiger partial charge is 0.267 e. The molecule has 1 N–H and O–H groups in total. The average molecular weight is 535 g/mol. The molecule has 0 aromatic heterocycles. The van der Waals surface area contributed by atoms with Gasteiger partial charge in [0.15, 0.2) is 10.8 Å². The number of carbonyl (C=O) groups is 3. The Morgan fingerprint density at radius 2 is 1.97 bits per heavy atom. The summed E-state index contributed by atoms with van der Waals surface area (Å²) in [4.78, 5) is 47.0. The van der Waals surface area contributed by atoms with E-state index in [0.717, 1.165) is 32.1 Å². The van der Waals surface area contributed by atoms with Crippen LogP contribution in [-0.2, 0) is 29.1 Å². The Balaban J connectivity index is 1.40. The number of hydrogen-bond acceptors (Lipinski definition) is 7. The first kappa shape index (κ1) is 27.8. The van der Waals surface area contributed by atoms with Crippen molar-refractivity contribution < 1.29 is 27.5 Å². The number of aliphatic imine (C=N–C) groups is 2. The Kier molecular flexibility index (Phi) is 9.77. The summed E-state index contributed by atoms with van der Waals surface area (Å²) in [6.45, 7) is 0.885. The first-order valence-electron chi connectivity index (χ1n) is 13.6. The van der Waals surface area contributed by atoms with Crippen LogP contribution < -0.4 is 5.32 Å². The van der Waals surface area contributed by atoms with Gasteiger partial charge >= 0.3 is 0 Å². The summed E-state index contributed by atoms with van der Waals surface area (Å²) in [6, 6.07) is -0.759. The first-order valence-corrected chi connectivity index (χ1v) is 15.0. The highest BCUT2D eigenvalue weighted by molar-refractivity contribution is 8.04. The van der Waals surface area contributed by atoms with Crippen LogP contribution in [0.4, 0.5) is 0 Å². The van der Waals surface area contributed by atoms with Gasteiger partial charge in [-0.1, -0.05) is 38.2 Å². The van der Waals surface area contributed by atoms with Crippen molar-refractivity contribution in [2.45, 2.75) is 82.8 Å². The number of Topliss-reactive ketones (excluding diaryl/α,β-unsaturated/α-hetero) is 1. The monoisotopic (exact) mass is 534 g/mol. The van der Waals surface area contributed by atoms with E-state index in [0.29, 0.717) is 51.2 Å². The maximum atomic E-state index is 13.1. The summed E-state index contributed by atoms with van der Waals surface area (Å²) in [6.07, 6.45) is 13.1. The first-order chi connectivity index (χ1) is 17.8. The van der Waals surface area contributed by atoms with E-state index in [9.17, 15) is 22.8 Å². The van der Waals surface area contributed by atoms with Gasteiger partial charge in [-0.05, 0) is 50.5 Å². The van der Waals surface area contributed by atoms with Crippen LogP contribution >= 0.6 is 0 Å². The predicted molar refractivity (Wildman–Crippen MR) is 140 cm³/mol. The normalized spacial score (nSPS) is 27.1. The van der Waals surface area contributed by atoms with Crippen molar-refractivity contribution in [1.82, 2.24) is 9.62 Å². The molecule has 3 heterocycles. The van der Waals surface area contributed by atoms with Gasteiger partial charge in [0.25, 0.3) is 15.9 Å². The Labute approximate surface area is 219 Å². The number of ether oxygens (including phenoxy) is 1. The molecule has 2 saturated heterocycles. The molecule has 204 valence electrons. The number of rotatable bonds is 7. The fourth-order valence-corrected chi connectivity index (χ4v) is 6.90. The third kappa shape index (κ3) is 7.42. The molecule has 4 rings (SSSR count). The van der Waals surface area contributed by atoms with E-state index in [2.05, 4.69) is 15.3 Å². The van der Waals surface area contributed by atoms with Gasteiger partial charge in [0.2, 0.25) is 5.91 Å². The van der Waals surface area contributed by atoms with Crippen molar-refractivity contribution in [1.29, 1.82) is 0 Å². The number of nitrogens with one attached hydrogen (secondary N) is 1. The largest absolute Gasteiger partial charge is 0.368 e. The lowest BCUT2D eigenvalue weighted by Gasteiger charge is -2.26. The van der Waals surface area contributed by atoms with Crippen molar-refractivity contribution >= 4 is 38.9 Å². The molecule has 0 radical (unpaired) electrons. The fraction of sp³-hybridized carbons (Fsp3) is 0.731. The van der Waals surface area contributed by atoms with Crippen LogP contribution in [0.1, 0.15) is 70.6 Å². The molecule has 1 aliphatic carbocycles. The Morgan fingerprint density at radius 3 is 2.68 bits per heavy atom. The van der Waals surface area contributed by atoms with Crippen molar-refractivity contribution in [3.05, 3.63) is 12.2 Å². The molecular formula is C26H38N4O6S. The highest BCUT2D eigenvalue weighted by Crippen LogP contribution is 2.28. The summed E-state index contributed by atoms with van der Waals surface area (Å²) in [5.41, 5.74) is 0. The van der Waals surface area contributed by atoms with E-state index >= 15 is 0 Å². The zero-order valence-electron chi connectivity index (χ0n) is 21.3. The standard InChI is InChI=1S/C26H38N4O6S/c31-22-18-30(37(34,35)24-12-4-5-13-27-24)14-6-10-20(22)17-28-25(32)21(16-19-8-2-1-3-9-19)29-26(33)23-11-7-15-36-23/h4,12,17,19-21,23H,1-3,5-11,13-16,18H2,(H,29,33)/t20?,21-,23-/m0/s1. The van der Waals surface area contributed by atoms with Gasteiger partial charge in [-0.2, -0.15) is 4.31 Å². The van der Waals surface area contributed by atoms with Gasteiger partial charge in [0, 0.05) is 25.9 Å². The van der Waals surface area contributed by atoms with Crippen molar-refractivity contribution in [2.75, 3.05) is 26.2 Å². The topological polar surface area (TPSA) is 135 Å². The molecule has 11 heteroatoms. The number of ketones is 1. The van der Waals surface area contributed by atoms with E-state index in [4.69, 9.17) is 4.74 Å². The number of amides is 2. The molecule has 4 aliphatic rings. The molecule has 1 saturated carbocycles. The molecule has 0 spiro atoms. The molecule has 37 heavy (non-hydrogen) atoms. The summed E-state index contributed by atoms with van der Waals surface area (Å²) in [7, 11) is -3.84. The van der Waals surface area contributed by atoms with E-state index < -0.39 is 34.0 Å². The summed E-state index contributed by atoms with van der Waals surface area (Å²) in [5, 5.41) is 2.85. The molecule has 0 aromatic carbocycles. The number of nitrogens with zero attached hydrogens (tertiary/aromatic N) is 3. The second-order valence-electron chi connectivity index (χ2n) is 10.4. The average Bonchev–Trinajstić information content (AvgIpc) is 3.38. The van der Waals surface area contributed by atoms with Crippen LogP contribution in [0.2, 0.25) is 0 Å². The zero-order chi connectivity index (χ0) is 26.3. The van der Waals surface area contributed by atoms with Crippen molar-refractivity contribution in [2.24, 2.45) is 21.8 Å². The van der Waals surface area contributed by atoms with Gasteiger partial charge in [0.1, 0.15) is 12.1 Å². The van der Waals surface area contributed by atoms with Crippen molar-refractivity contribution in [3.63, 3.8) is 0 Å². The molecule has 1 unspecified atom stereocenters. The van der Waals surface area contributed by atoms with E-state index in [1.807, 2.05) is 0 Å². The second kappa shape index (κ2) is 13.0. The molecule has 3 aliphatic heterocycles. The summed E-state index contributed by atoms with van der Waals surface area (Å²) < 4.78 is 32.6. The van der Waals surface area contributed by atoms with Crippen LogP contribution in [0.25, 0.3) is 0 Å². The molecule has 0 bridgehead atoms. The fourth-order valence-electron chi connectivity index (χ4n) is 5.45. The minimum Gasteiger partial charge on any atom is -0.368 e. The van der Waals surface area contributed by atoms with Crippen LogP contribution in [-0.4, -0.2) is 80.0 Å². The third-order valence-corrected chi connectivity index (χ3v) is 9.39. The molecule has 3 atom stereocenters. The summed E-state index contributed by atoms with van der Waals surface area (Å²) in [5.74, 6) is -1.37. The van der Waals surface area contributed by atoms with E-state index in [1.54, 1.807) is 6.08 Å². The van der Waals surface area contributed by atoms with Crippen LogP contribution in [0.5, 0.6) is 0 Å². The number of carbonyl (C=O) groups excluding carboxylic acids is 3. The minimum absolute atomic E-state index is 0.0126. The Bertz CT molecular complexity index is 1040. The van der Waals surface area contributed by atoms with Crippen molar-refractivity contribution in [3.8, 4) is 0 Å². The van der Waals surface area contributed by atoms with Crippen LogP contribution in [0.3, 0.4) is 0 Å². The van der Waals surface area contributed by atoms with Gasteiger partial charge in [0.05, 0.1) is 12.5 Å². The molecule has 10 nitrogen and oxygen atoms in total. The quantitative estimate of drug-likeness (QED) is 0.498. The van der Waals surface area contributed by atoms with Crippen LogP contribution in [0, 0.1) is 11.8 Å². The third-order valence-electron chi connectivity index (χ3n) is 7.61. The van der Waals surface area contributed by atoms with E-state index in [-0.39, 0.29) is 29.8 Å². The molecular weight excluding hydrogens is 496 g/mol. The lowest BCUT2D eigenvalue weighted by Crippen LogP contribution is -2.46. The zero-order valence-corrected chi connectivity index (χ0v) is 22.2. The highest BCUT2D eigenvalue weighted by atomic mass is 32.2. The van der Waals surface area contributed by atoms with Gasteiger partial charge < -0.3 is 10.1 Å². The van der Waals surface area contributed by atoms with E-state index in [1.165, 1.54) is 23.0 Å². The predicted octanol–water partition coefficient (Wildman–Crippen LogP) is 2.19. The lowest BCUT2D eigenvalue weighted by molar-refractivity contribution is -0.134. The number of sulfonamides is 1. The van der Waals surface area contributed by atoms with Gasteiger partial charge in [-0.15, -0.1) is 0 Å². The van der Waals surface area contributed by atoms with Crippen LogP contribution in [0.15, 0.2) is 22.1 Å². The Morgan fingerprint density at radius 1 is 1.16 bits per heavy atom. The van der Waals surface area contributed by atoms with Gasteiger partial charge in [-0.3, -0.25) is 19.4 Å². The molecule has 3 fully saturated rings. The maximum Gasteiger partial charge on any atom is 0.267 e. The number of dihydropyridines is 1. The minimum atomic E-state index is -3.84. The van der Waals surface area contributed by atoms with Gasteiger partial charge in [-0.25, -0.2) is 13.4 Å². The number of hydrogen-bond donors (Lipinski definition) is 1. The summed E-state index contributed by atoms with van der Waals surface area (Å²) >= 11 is 0. The second-order valence-corrected chi connectivity index (χ2v) is 12.3. The maximum absolute atomic E-state index is 13.1. The lowest BCUT2D eigenvalue weighted by atomic mass is 9.84. The molecule has 2 amide bonds.